The maximum absolute atomic E-state index is 12.9. The summed E-state index contributed by atoms with van der Waals surface area (Å²) >= 11 is 0. The molecular formula is C28H23NO5. The minimum atomic E-state index is -0.478. The standard InChI is InChI=1S/C28H23NO5/c1-2-29-16-20(22-10-6-7-11-24(22)29)14-26-28(31)23-13-12-21(15-25(23)34-26)32-18-27(30)33-17-19-8-4-3-5-9-19/h3-16H,2,17-18H2,1H3/b26-14+. The largest absolute Gasteiger partial charge is 0.482 e. The molecule has 4 aromatic rings. The SMILES string of the molecule is CCn1cc(/C=C2/Oc3cc(OCC(=O)OCc4ccccc4)ccc3C2=O)c2ccccc21. The van der Waals surface area contributed by atoms with Crippen LogP contribution in [0.5, 0.6) is 11.5 Å². The molecule has 0 spiro atoms. The maximum atomic E-state index is 12.9. The number of aryl methyl sites for hydroxylation is 1. The van der Waals surface area contributed by atoms with Crippen LogP contribution in [0.25, 0.3) is 17.0 Å². The van der Waals surface area contributed by atoms with Gasteiger partial charge in [-0.3, -0.25) is 4.79 Å². The van der Waals surface area contributed by atoms with Crippen molar-refractivity contribution < 1.29 is 23.8 Å². The number of Topliss-reactive ketones (excluding diaryl/α,β-unsaturated/α-hetero) is 1. The van der Waals surface area contributed by atoms with E-state index in [0.29, 0.717) is 17.1 Å². The highest BCUT2D eigenvalue weighted by Crippen LogP contribution is 2.35. The van der Waals surface area contributed by atoms with Crippen LogP contribution < -0.4 is 9.47 Å². The molecule has 170 valence electrons. The Labute approximate surface area is 197 Å². The topological polar surface area (TPSA) is 66.8 Å². The molecule has 2 heterocycles. The highest BCUT2D eigenvalue weighted by Gasteiger charge is 2.28. The molecule has 1 aromatic heterocycles. The Morgan fingerprint density at radius 3 is 2.65 bits per heavy atom. The summed E-state index contributed by atoms with van der Waals surface area (Å²) in [5.41, 5.74) is 3.40. The molecule has 1 aliphatic heterocycles. The maximum Gasteiger partial charge on any atom is 0.344 e. The second-order valence-electron chi connectivity index (χ2n) is 7.92. The van der Waals surface area contributed by atoms with Gasteiger partial charge in [0.1, 0.15) is 18.1 Å². The van der Waals surface area contributed by atoms with E-state index >= 15 is 0 Å². The lowest BCUT2D eigenvalue weighted by Crippen LogP contribution is -2.14. The number of carbonyl (C=O) groups excluding carboxylic acids is 2. The molecule has 0 saturated heterocycles. The average Bonchev–Trinajstić information content (AvgIpc) is 3.39. The second-order valence-corrected chi connectivity index (χ2v) is 7.92. The summed E-state index contributed by atoms with van der Waals surface area (Å²) in [5, 5.41) is 1.06. The fourth-order valence-electron chi connectivity index (χ4n) is 3.97. The lowest BCUT2D eigenvalue weighted by molar-refractivity contribution is -0.147. The third kappa shape index (κ3) is 4.30. The molecule has 0 aliphatic carbocycles. The zero-order valence-corrected chi connectivity index (χ0v) is 18.7. The summed E-state index contributed by atoms with van der Waals surface area (Å²) in [6.07, 6.45) is 3.80. The summed E-state index contributed by atoms with van der Waals surface area (Å²) in [6.45, 7) is 2.86. The lowest BCUT2D eigenvalue weighted by Gasteiger charge is -2.08. The molecule has 0 atom stereocenters. The predicted octanol–water partition coefficient (Wildman–Crippen LogP) is 5.40. The minimum absolute atomic E-state index is 0.183. The van der Waals surface area contributed by atoms with Gasteiger partial charge in [-0.2, -0.15) is 0 Å². The molecule has 6 heteroatoms. The molecule has 0 radical (unpaired) electrons. The molecule has 6 nitrogen and oxygen atoms in total. The van der Waals surface area contributed by atoms with E-state index in [1.165, 1.54) is 0 Å². The van der Waals surface area contributed by atoms with Crippen LogP contribution in [0.2, 0.25) is 0 Å². The molecule has 0 amide bonds. The first-order chi connectivity index (χ1) is 16.6. The third-order valence-corrected chi connectivity index (χ3v) is 5.69. The van der Waals surface area contributed by atoms with Gasteiger partial charge in [0.2, 0.25) is 5.78 Å². The summed E-state index contributed by atoms with van der Waals surface area (Å²) in [5.74, 6) is 0.428. The van der Waals surface area contributed by atoms with Crippen molar-refractivity contribution in [3.8, 4) is 11.5 Å². The van der Waals surface area contributed by atoms with E-state index in [1.807, 2.05) is 54.7 Å². The quantitative estimate of drug-likeness (QED) is 0.277. The number of rotatable bonds is 7. The van der Waals surface area contributed by atoms with Crippen LogP contribution in [0, 0.1) is 0 Å². The number of para-hydroxylation sites is 1. The number of fused-ring (bicyclic) bond motifs is 2. The van der Waals surface area contributed by atoms with Crippen molar-refractivity contribution in [1.29, 1.82) is 0 Å². The van der Waals surface area contributed by atoms with Gasteiger partial charge < -0.3 is 18.8 Å². The molecule has 0 bridgehead atoms. The zero-order valence-electron chi connectivity index (χ0n) is 18.7. The Balaban J connectivity index is 1.27. The van der Waals surface area contributed by atoms with Crippen LogP contribution >= 0.6 is 0 Å². The lowest BCUT2D eigenvalue weighted by atomic mass is 10.1. The van der Waals surface area contributed by atoms with Gasteiger partial charge >= 0.3 is 5.97 Å². The Kier molecular flexibility index (Phi) is 5.87. The van der Waals surface area contributed by atoms with Gasteiger partial charge in [0.05, 0.1) is 5.56 Å². The molecule has 1 aliphatic rings. The Morgan fingerprint density at radius 1 is 1.03 bits per heavy atom. The van der Waals surface area contributed by atoms with E-state index in [1.54, 1.807) is 24.3 Å². The van der Waals surface area contributed by atoms with Crippen molar-refractivity contribution in [2.75, 3.05) is 6.61 Å². The zero-order chi connectivity index (χ0) is 23.5. The number of ether oxygens (including phenoxy) is 3. The number of nitrogens with zero attached hydrogens (tertiary/aromatic N) is 1. The van der Waals surface area contributed by atoms with Gasteiger partial charge in [0, 0.05) is 35.3 Å². The van der Waals surface area contributed by atoms with Crippen molar-refractivity contribution in [2.45, 2.75) is 20.1 Å². The Hall–Kier alpha value is -4.32. The number of aromatic nitrogens is 1. The van der Waals surface area contributed by atoms with Crippen molar-refractivity contribution in [1.82, 2.24) is 4.57 Å². The molecule has 0 saturated carbocycles. The Morgan fingerprint density at radius 2 is 1.82 bits per heavy atom. The first kappa shape index (κ1) is 21.5. The predicted molar refractivity (Wildman–Crippen MR) is 129 cm³/mol. The fraction of sp³-hybridized carbons (Fsp3) is 0.143. The second kappa shape index (κ2) is 9.27. The van der Waals surface area contributed by atoms with Gasteiger partial charge in [-0.05, 0) is 36.8 Å². The number of allylic oxidation sites excluding steroid dienone is 1. The van der Waals surface area contributed by atoms with Gasteiger partial charge in [-0.25, -0.2) is 4.79 Å². The van der Waals surface area contributed by atoms with Gasteiger partial charge in [-0.15, -0.1) is 0 Å². The van der Waals surface area contributed by atoms with Crippen LogP contribution in [-0.4, -0.2) is 22.9 Å². The first-order valence-electron chi connectivity index (χ1n) is 11.1. The van der Waals surface area contributed by atoms with E-state index in [0.717, 1.165) is 28.6 Å². The summed E-state index contributed by atoms with van der Waals surface area (Å²) in [6, 6.07) is 22.4. The van der Waals surface area contributed by atoms with Crippen LogP contribution in [0.1, 0.15) is 28.4 Å². The molecule has 5 rings (SSSR count). The van der Waals surface area contributed by atoms with Crippen LogP contribution in [0.3, 0.4) is 0 Å². The van der Waals surface area contributed by atoms with E-state index in [-0.39, 0.29) is 24.8 Å². The molecule has 3 aromatic carbocycles. The van der Waals surface area contributed by atoms with Gasteiger partial charge in [-0.1, -0.05) is 48.5 Å². The highest BCUT2D eigenvalue weighted by atomic mass is 16.6. The van der Waals surface area contributed by atoms with Crippen LogP contribution in [-0.2, 0) is 22.7 Å². The summed E-state index contributed by atoms with van der Waals surface area (Å²) in [7, 11) is 0. The van der Waals surface area contributed by atoms with Crippen molar-refractivity contribution >= 4 is 28.7 Å². The summed E-state index contributed by atoms with van der Waals surface area (Å²) < 4.78 is 18.8. The number of carbonyl (C=O) groups is 2. The van der Waals surface area contributed by atoms with Crippen molar-refractivity contribution in [2.24, 2.45) is 0 Å². The average molecular weight is 453 g/mol. The van der Waals surface area contributed by atoms with Gasteiger partial charge in [0.15, 0.2) is 12.4 Å². The van der Waals surface area contributed by atoms with Crippen LogP contribution in [0.15, 0.2) is 84.8 Å². The minimum Gasteiger partial charge on any atom is -0.482 e. The number of ketones is 1. The number of benzene rings is 3. The number of hydrogen-bond donors (Lipinski definition) is 0. The number of esters is 1. The summed E-state index contributed by atoms with van der Waals surface area (Å²) in [4.78, 5) is 24.9. The fourth-order valence-corrected chi connectivity index (χ4v) is 3.97. The Bertz CT molecular complexity index is 1400. The smallest absolute Gasteiger partial charge is 0.344 e. The third-order valence-electron chi connectivity index (χ3n) is 5.69. The highest BCUT2D eigenvalue weighted by molar-refractivity contribution is 6.15. The number of hydrogen-bond acceptors (Lipinski definition) is 5. The monoisotopic (exact) mass is 453 g/mol. The van der Waals surface area contributed by atoms with E-state index in [4.69, 9.17) is 14.2 Å². The van der Waals surface area contributed by atoms with Crippen LogP contribution in [0.4, 0.5) is 0 Å². The van der Waals surface area contributed by atoms with Crippen molar-refractivity contribution in [3.63, 3.8) is 0 Å². The molecule has 34 heavy (non-hydrogen) atoms. The van der Waals surface area contributed by atoms with Gasteiger partial charge in [0.25, 0.3) is 0 Å². The normalized spacial score (nSPS) is 13.7. The van der Waals surface area contributed by atoms with E-state index in [9.17, 15) is 9.59 Å². The first-order valence-corrected chi connectivity index (χ1v) is 11.1. The molecule has 0 unspecified atom stereocenters. The van der Waals surface area contributed by atoms with Crippen molar-refractivity contribution in [3.05, 3.63) is 101 Å². The van der Waals surface area contributed by atoms with E-state index < -0.39 is 5.97 Å². The molecule has 0 N–H and O–H groups in total. The molecule has 0 fully saturated rings. The molecular weight excluding hydrogens is 430 g/mol. The van der Waals surface area contributed by atoms with E-state index in [2.05, 4.69) is 17.6 Å².